The Morgan fingerprint density at radius 3 is 1.79 bits per heavy atom. The first-order chi connectivity index (χ1) is 30.0. The molecule has 0 aliphatic heterocycles. The summed E-state index contributed by atoms with van der Waals surface area (Å²) in [6, 6.07) is 80.5. The summed E-state index contributed by atoms with van der Waals surface area (Å²) < 4.78 is 2.50. The molecule has 0 fully saturated rings. The first-order valence-corrected chi connectivity index (χ1v) is 21.3. The number of benzene rings is 10. The van der Waals surface area contributed by atoms with Crippen molar-refractivity contribution in [3.63, 3.8) is 0 Å². The van der Waals surface area contributed by atoms with Crippen molar-refractivity contribution in [1.29, 1.82) is 0 Å². The normalized spacial score (nSPS) is 12.9. The minimum atomic E-state index is -0.131. The lowest BCUT2D eigenvalue weighted by Crippen LogP contribution is -2.16. The van der Waals surface area contributed by atoms with Crippen molar-refractivity contribution in [2.75, 3.05) is 4.90 Å². The number of hydrogen-bond donors (Lipinski definition) is 0. The third-order valence-corrected chi connectivity index (χ3v) is 13.1. The summed E-state index contributed by atoms with van der Waals surface area (Å²) in [5, 5.41) is 7.44. The Hall–Kier alpha value is -7.68. The zero-order valence-corrected chi connectivity index (χ0v) is 34.2. The van der Waals surface area contributed by atoms with Gasteiger partial charge in [-0.1, -0.05) is 178 Å². The highest BCUT2D eigenvalue weighted by atomic mass is 15.1. The van der Waals surface area contributed by atoms with Crippen molar-refractivity contribution >= 4 is 60.4 Å². The summed E-state index contributed by atoms with van der Waals surface area (Å²) >= 11 is 0. The lowest BCUT2D eigenvalue weighted by atomic mass is 9.82. The molecule has 288 valence electrons. The largest absolute Gasteiger partial charge is 0.310 e. The summed E-state index contributed by atoms with van der Waals surface area (Å²) in [5.41, 5.74) is 17.0. The van der Waals surface area contributed by atoms with Gasteiger partial charge in [0.05, 0.1) is 11.0 Å². The summed E-state index contributed by atoms with van der Waals surface area (Å²) in [7, 11) is 0. The molecule has 61 heavy (non-hydrogen) atoms. The average Bonchev–Trinajstić information content (AvgIpc) is 3.78. The molecular formula is C59H42N2. The molecule has 0 spiro atoms. The number of rotatable bonds is 6. The molecule has 0 saturated carbocycles. The molecule has 1 aliphatic rings. The fourth-order valence-electron chi connectivity index (χ4n) is 10.2. The van der Waals surface area contributed by atoms with Crippen molar-refractivity contribution in [2.24, 2.45) is 0 Å². The molecule has 0 unspecified atom stereocenters. The van der Waals surface area contributed by atoms with E-state index in [-0.39, 0.29) is 5.41 Å². The van der Waals surface area contributed by atoms with E-state index >= 15 is 0 Å². The predicted molar refractivity (Wildman–Crippen MR) is 259 cm³/mol. The fraction of sp³-hybridized carbons (Fsp3) is 0.0508. The number of para-hydroxylation sites is 1. The van der Waals surface area contributed by atoms with Gasteiger partial charge in [0.2, 0.25) is 0 Å². The zero-order chi connectivity index (χ0) is 40.7. The minimum absolute atomic E-state index is 0.131. The van der Waals surface area contributed by atoms with Gasteiger partial charge in [0.1, 0.15) is 0 Å². The minimum Gasteiger partial charge on any atom is -0.310 e. The van der Waals surface area contributed by atoms with Crippen LogP contribution in [0.5, 0.6) is 0 Å². The van der Waals surface area contributed by atoms with E-state index < -0.39 is 0 Å². The van der Waals surface area contributed by atoms with E-state index in [4.69, 9.17) is 0 Å². The topological polar surface area (TPSA) is 8.17 Å². The van der Waals surface area contributed by atoms with Crippen LogP contribution in [-0.4, -0.2) is 4.57 Å². The quantitative estimate of drug-likeness (QED) is 0.163. The van der Waals surface area contributed by atoms with Crippen LogP contribution in [0.25, 0.3) is 82.4 Å². The maximum absolute atomic E-state index is 2.50. The Balaban J connectivity index is 1.15. The predicted octanol–water partition coefficient (Wildman–Crippen LogP) is 16.2. The van der Waals surface area contributed by atoms with E-state index in [9.17, 15) is 0 Å². The molecule has 1 aromatic heterocycles. The molecule has 1 heterocycles. The van der Waals surface area contributed by atoms with Gasteiger partial charge in [0.25, 0.3) is 0 Å². The van der Waals surface area contributed by atoms with Crippen molar-refractivity contribution in [3.8, 4) is 39.1 Å². The number of aromatic nitrogens is 1. The van der Waals surface area contributed by atoms with Gasteiger partial charge >= 0.3 is 0 Å². The molecule has 2 nitrogen and oxygen atoms in total. The fourth-order valence-corrected chi connectivity index (χ4v) is 10.2. The molecule has 0 N–H and O–H groups in total. The number of nitrogens with zero attached hydrogens (tertiary/aromatic N) is 2. The van der Waals surface area contributed by atoms with Crippen LogP contribution < -0.4 is 4.90 Å². The van der Waals surface area contributed by atoms with Crippen LogP contribution in [0.1, 0.15) is 25.0 Å². The first kappa shape index (κ1) is 35.3. The van der Waals surface area contributed by atoms with Gasteiger partial charge in [0.15, 0.2) is 0 Å². The maximum Gasteiger partial charge on any atom is 0.0625 e. The Morgan fingerprint density at radius 2 is 0.967 bits per heavy atom. The Kier molecular flexibility index (Phi) is 7.92. The summed E-state index contributed by atoms with van der Waals surface area (Å²) in [6.07, 6.45) is 0. The van der Waals surface area contributed by atoms with Gasteiger partial charge in [-0.15, -0.1) is 0 Å². The SMILES string of the molecule is CC1(C)c2ccccc2-c2ccc(N(c3ccc(-c4ccccc4)cc3)c3ccc4c5c(-c6cccc7ccccc67)cc6ccccc6c5n(-c5ccccc5)c4c3)cc21. The van der Waals surface area contributed by atoms with Gasteiger partial charge in [-0.2, -0.15) is 0 Å². The van der Waals surface area contributed by atoms with Gasteiger partial charge in [-0.3, -0.25) is 0 Å². The molecule has 0 atom stereocenters. The Morgan fingerprint density at radius 1 is 0.377 bits per heavy atom. The summed E-state index contributed by atoms with van der Waals surface area (Å²) in [6.45, 7) is 4.73. The second-order valence-corrected chi connectivity index (χ2v) is 16.9. The van der Waals surface area contributed by atoms with E-state index in [2.05, 4.69) is 242 Å². The molecule has 1 aliphatic carbocycles. The number of anilines is 3. The Labute approximate surface area is 356 Å². The van der Waals surface area contributed by atoms with E-state index in [0.29, 0.717) is 0 Å². The smallest absolute Gasteiger partial charge is 0.0625 e. The monoisotopic (exact) mass is 778 g/mol. The first-order valence-electron chi connectivity index (χ1n) is 21.3. The highest BCUT2D eigenvalue weighted by Crippen LogP contribution is 2.51. The third kappa shape index (κ3) is 5.49. The second kappa shape index (κ2) is 13.7. The van der Waals surface area contributed by atoms with Gasteiger partial charge < -0.3 is 9.47 Å². The zero-order valence-electron chi connectivity index (χ0n) is 34.2. The average molecular weight is 779 g/mol. The number of fused-ring (bicyclic) bond motifs is 9. The van der Waals surface area contributed by atoms with Crippen molar-refractivity contribution in [3.05, 3.63) is 230 Å². The molecule has 2 heteroatoms. The van der Waals surface area contributed by atoms with E-state index in [1.54, 1.807) is 0 Å². The molecule has 0 radical (unpaired) electrons. The third-order valence-electron chi connectivity index (χ3n) is 13.1. The van der Waals surface area contributed by atoms with Crippen LogP contribution in [0.2, 0.25) is 0 Å². The lowest BCUT2D eigenvalue weighted by molar-refractivity contribution is 0.660. The van der Waals surface area contributed by atoms with Crippen molar-refractivity contribution < 1.29 is 0 Å². The standard InChI is InChI=1S/C59H42N2/c1-59(2)54-27-14-13-25-50(54)51-34-32-45(37-55(51)59)60(44-30-28-40(29-31-44)39-16-5-3-6-17-39)46-33-35-52-56(38-46)61(43-21-7-4-8-22-43)58-48-24-12-10-19-42(48)36-53(57(52)58)49-26-15-20-41-18-9-11-23-47(41)49/h3-38H,1-2H3. The van der Waals surface area contributed by atoms with Crippen LogP contribution in [0.3, 0.4) is 0 Å². The van der Waals surface area contributed by atoms with Gasteiger partial charge in [-0.05, 0) is 115 Å². The molecule has 10 aromatic carbocycles. The van der Waals surface area contributed by atoms with Crippen LogP contribution in [0, 0.1) is 0 Å². The van der Waals surface area contributed by atoms with Crippen LogP contribution in [0.15, 0.2) is 218 Å². The summed E-state index contributed by atoms with van der Waals surface area (Å²) in [5.74, 6) is 0. The molecule has 12 rings (SSSR count). The maximum atomic E-state index is 2.50. The van der Waals surface area contributed by atoms with Crippen molar-refractivity contribution in [2.45, 2.75) is 19.3 Å². The highest BCUT2D eigenvalue weighted by molar-refractivity contribution is 6.25. The highest BCUT2D eigenvalue weighted by Gasteiger charge is 2.36. The summed E-state index contributed by atoms with van der Waals surface area (Å²) in [4.78, 5) is 2.45. The Bertz CT molecular complexity index is 3480. The van der Waals surface area contributed by atoms with Gasteiger partial charge in [0, 0.05) is 44.3 Å². The molecule has 0 saturated heterocycles. The molecule has 0 bridgehead atoms. The van der Waals surface area contributed by atoms with Gasteiger partial charge in [-0.25, -0.2) is 0 Å². The number of hydrogen-bond acceptors (Lipinski definition) is 1. The second-order valence-electron chi connectivity index (χ2n) is 16.9. The van der Waals surface area contributed by atoms with E-state index in [1.807, 2.05) is 0 Å². The van der Waals surface area contributed by atoms with Crippen molar-refractivity contribution in [1.82, 2.24) is 4.57 Å². The molecular weight excluding hydrogens is 737 g/mol. The van der Waals surface area contributed by atoms with Crippen LogP contribution in [0.4, 0.5) is 17.1 Å². The lowest BCUT2D eigenvalue weighted by Gasteiger charge is -2.28. The van der Waals surface area contributed by atoms with E-state index in [0.717, 1.165) is 28.3 Å². The molecule has 11 aromatic rings. The molecule has 0 amide bonds. The van der Waals surface area contributed by atoms with Crippen LogP contribution in [-0.2, 0) is 5.41 Å². The van der Waals surface area contributed by atoms with E-state index in [1.165, 1.54) is 82.3 Å². The van der Waals surface area contributed by atoms with Crippen LogP contribution >= 0.6 is 0 Å².